The lowest BCUT2D eigenvalue weighted by atomic mass is 9.70. The molecule has 9 nitrogen and oxygen atoms in total. The first-order valence-corrected chi connectivity index (χ1v) is 15.0. The summed E-state index contributed by atoms with van der Waals surface area (Å²) in [6, 6.07) is 21.6. The predicted octanol–water partition coefficient (Wildman–Crippen LogP) is 4.29. The van der Waals surface area contributed by atoms with Crippen molar-refractivity contribution in [3.8, 4) is 5.75 Å². The van der Waals surface area contributed by atoms with Crippen LogP contribution in [0.2, 0.25) is 5.02 Å². The number of carbonyl (C=O) groups is 3. The van der Waals surface area contributed by atoms with Gasteiger partial charge >= 0.3 is 0 Å². The third-order valence-corrected chi connectivity index (χ3v) is 9.10. The fourth-order valence-electron chi connectivity index (χ4n) is 7.01. The lowest BCUT2D eigenvalue weighted by Gasteiger charge is -2.36. The average Bonchev–Trinajstić information content (AvgIpc) is 3.66. The van der Waals surface area contributed by atoms with Crippen molar-refractivity contribution in [2.75, 3.05) is 23.8 Å². The van der Waals surface area contributed by atoms with Crippen LogP contribution in [0, 0.1) is 11.8 Å². The summed E-state index contributed by atoms with van der Waals surface area (Å²) >= 11 is 6.37. The topological polar surface area (TPSA) is 117 Å². The maximum absolute atomic E-state index is 14.4. The number of halogens is 1. The SMILES string of the molecule is CCOc1ccc(NC(=O)[C@@H]2[C@@H]3CCC4(O3)C(C(=O)Nc3ccccc3Cl)N([C@@H](CO)Cc3ccccc3)C(=O)[C@H]24)cc1. The van der Waals surface area contributed by atoms with E-state index in [2.05, 4.69) is 10.6 Å². The highest BCUT2D eigenvalue weighted by Crippen LogP contribution is 2.59. The second kappa shape index (κ2) is 12.0. The summed E-state index contributed by atoms with van der Waals surface area (Å²) in [5.74, 6) is -2.19. The molecular weight excluding hydrogens is 570 g/mol. The van der Waals surface area contributed by atoms with Crippen molar-refractivity contribution in [1.82, 2.24) is 4.90 Å². The molecule has 224 valence electrons. The van der Waals surface area contributed by atoms with E-state index in [1.54, 1.807) is 48.5 Å². The number of para-hydroxylation sites is 1. The summed E-state index contributed by atoms with van der Waals surface area (Å²) in [6.45, 7) is 2.05. The van der Waals surface area contributed by atoms with Gasteiger partial charge in [0.2, 0.25) is 17.7 Å². The van der Waals surface area contributed by atoms with E-state index >= 15 is 0 Å². The molecule has 3 aliphatic heterocycles. The molecule has 0 saturated carbocycles. The van der Waals surface area contributed by atoms with Gasteiger partial charge in [0.15, 0.2) is 0 Å². The lowest BCUT2D eigenvalue weighted by Crippen LogP contribution is -2.56. The maximum Gasteiger partial charge on any atom is 0.250 e. The molecule has 0 radical (unpaired) electrons. The van der Waals surface area contributed by atoms with Crippen molar-refractivity contribution >= 4 is 40.7 Å². The van der Waals surface area contributed by atoms with Crippen LogP contribution in [0.15, 0.2) is 78.9 Å². The van der Waals surface area contributed by atoms with Gasteiger partial charge in [-0.2, -0.15) is 0 Å². The van der Waals surface area contributed by atoms with E-state index in [9.17, 15) is 19.5 Å². The number of hydrogen-bond acceptors (Lipinski definition) is 6. The van der Waals surface area contributed by atoms with Crippen LogP contribution < -0.4 is 15.4 Å². The molecule has 3 heterocycles. The molecule has 3 N–H and O–H groups in total. The van der Waals surface area contributed by atoms with Crippen molar-refractivity contribution in [2.24, 2.45) is 11.8 Å². The van der Waals surface area contributed by atoms with Gasteiger partial charge in [-0.15, -0.1) is 0 Å². The van der Waals surface area contributed by atoms with Crippen LogP contribution in [-0.2, 0) is 25.5 Å². The first-order valence-electron chi connectivity index (χ1n) is 14.6. The first kappa shape index (κ1) is 29.2. The molecule has 0 aromatic heterocycles. The molecule has 43 heavy (non-hydrogen) atoms. The monoisotopic (exact) mass is 603 g/mol. The third-order valence-electron chi connectivity index (χ3n) is 8.77. The molecule has 1 spiro atoms. The quantitative estimate of drug-likeness (QED) is 0.318. The van der Waals surface area contributed by atoms with Gasteiger partial charge in [0.05, 0.1) is 47.9 Å². The second-order valence-corrected chi connectivity index (χ2v) is 11.7. The van der Waals surface area contributed by atoms with Gasteiger partial charge in [-0.05, 0) is 68.1 Å². The van der Waals surface area contributed by atoms with Gasteiger partial charge in [0.1, 0.15) is 17.4 Å². The molecule has 2 bridgehead atoms. The van der Waals surface area contributed by atoms with E-state index in [1.165, 1.54) is 4.90 Å². The molecular formula is C33H34ClN3O6. The molecule has 3 saturated heterocycles. The van der Waals surface area contributed by atoms with Crippen LogP contribution in [0.5, 0.6) is 5.75 Å². The number of amides is 3. The Labute approximate surface area is 255 Å². The molecule has 3 aromatic carbocycles. The number of hydrogen-bond donors (Lipinski definition) is 3. The highest BCUT2D eigenvalue weighted by atomic mass is 35.5. The Morgan fingerprint density at radius 1 is 1.05 bits per heavy atom. The van der Waals surface area contributed by atoms with E-state index in [-0.39, 0.29) is 18.4 Å². The maximum atomic E-state index is 14.4. The normalized spacial score (nSPS) is 26.2. The summed E-state index contributed by atoms with van der Waals surface area (Å²) in [4.78, 5) is 43.8. The number of aliphatic hydroxyl groups is 1. The Hall–Kier alpha value is -3.92. The van der Waals surface area contributed by atoms with Crippen molar-refractivity contribution in [3.63, 3.8) is 0 Å². The number of nitrogens with one attached hydrogen (secondary N) is 2. The van der Waals surface area contributed by atoms with Crippen molar-refractivity contribution in [3.05, 3.63) is 89.4 Å². The fraction of sp³-hybridized carbons (Fsp3) is 0.364. The van der Waals surface area contributed by atoms with Gasteiger partial charge in [-0.25, -0.2) is 0 Å². The minimum Gasteiger partial charge on any atom is -0.494 e. The molecule has 6 rings (SSSR count). The number of rotatable bonds is 10. The summed E-state index contributed by atoms with van der Waals surface area (Å²) in [5.41, 5.74) is 0.655. The highest BCUT2D eigenvalue weighted by Gasteiger charge is 2.75. The van der Waals surface area contributed by atoms with Crippen molar-refractivity contribution in [2.45, 2.75) is 50.0 Å². The van der Waals surface area contributed by atoms with Gasteiger partial charge in [-0.3, -0.25) is 14.4 Å². The summed E-state index contributed by atoms with van der Waals surface area (Å²) in [6.07, 6.45) is 0.767. The summed E-state index contributed by atoms with van der Waals surface area (Å²) < 4.78 is 12.0. The Morgan fingerprint density at radius 3 is 2.47 bits per heavy atom. The first-order chi connectivity index (χ1) is 20.9. The lowest BCUT2D eigenvalue weighted by molar-refractivity contribution is -0.143. The van der Waals surface area contributed by atoms with Crippen LogP contribution in [0.1, 0.15) is 25.3 Å². The number of fused-ring (bicyclic) bond motifs is 1. The van der Waals surface area contributed by atoms with Gasteiger partial charge < -0.3 is 30.1 Å². The van der Waals surface area contributed by atoms with E-state index in [4.69, 9.17) is 21.1 Å². The minimum absolute atomic E-state index is 0.328. The minimum atomic E-state index is -1.22. The number of likely N-dealkylation sites (tertiary alicyclic amines) is 1. The number of aliphatic hydroxyl groups excluding tert-OH is 1. The number of carbonyl (C=O) groups excluding carboxylic acids is 3. The number of nitrogens with zero attached hydrogens (tertiary/aromatic N) is 1. The Balaban J connectivity index is 1.34. The smallest absolute Gasteiger partial charge is 0.250 e. The Morgan fingerprint density at radius 2 is 1.77 bits per heavy atom. The van der Waals surface area contributed by atoms with Crippen LogP contribution in [0.4, 0.5) is 11.4 Å². The van der Waals surface area contributed by atoms with E-state index in [0.717, 1.165) is 5.56 Å². The van der Waals surface area contributed by atoms with Gasteiger partial charge in [0.25, 0.3) is 0 Å². The standard InChI is InChI=1S/C33H34ClN3O6/c1-2-42-23-14-12-21(13-15-23)35-30(39)27-26-16-17-33(43-26)28(27)32(41)37(22(19-38)18-20-8-4-3-5-9-20)29(33)31(40)36-25-11-7-6-10-24(25)34/h3-15,22,26-29,38H,2,16-19H2,1H3,(H,35,39)(H,36,40)/t22-,26+,27-,28+,29?,33?/m1/s1. The van der Waals surface area contributed by atoms with Crippen molar-refractivity contribution in [1.29, 1.82) is 0 Å². The zero-order valence-electron chi connectivity index (χ0n) is 23.7. The molecule has 3 aromatic rings. The zero-order valence-corrected chi connectivity index (χ0v) is 24.5. The molecule has 10 heteroatoms. The Bertz CT molecular complexity index is 1500. The molecule has 3 amide bonds. The Kier molecular flexibility index (Phi) is 8.13. The van der Waals surface area contributed by atoms with E-state index < -0.39 is 41.5 Å². The summed E-state index contributed by atoms with van der Waals surface area (Å²) in [7, 11) is 0. The number of anilines is 2. The molecule has 3 aliphatic rings. The highest BCUT2D eigenvalue weighted by molar-refractivity contribution is 6.33. The van der Waals surface area contributed by atoms with Gasteiger partial charge in [0, 0.05) is 5.69 Å². The zero-order chi connectivity index (χ0) is 30.1. The number of benzene rings is 3. The van der Waals surface area contributed by atoms with E-state index in [0.29, 0.717) is 48.0 Å². The third kappa shape index (κ3) is 5.26. The predicted molar refractivity (Wildman–Crippen MR) is 162 cm³/mol. The van der Waals surface area contributed by atoms with Crippen LogP contribution >= 0.6 is 11.6 Å². The average molecular weight is 604 g/mol. The molecule has 3 fully saturated rings. The van der Waals surface area contributed by atoms with Crippen LogP contribution in [0.25, 0.3) is 0 Å². The number of ether oxygens (including phenoxy) is 2. The second-order valence-electron chi connectivity index (χ2n) is 11.2. The van der Waals surface area contributed by atoms with Crippen LogP contribution in [0.3, 0.4) is 0 Å². The van der Waals surface area contributed by atoms with Crippen LogP contribution in [-0.4, -0.2) is 64.7 Å². The van der Waals surface area contributed by atoms with Crippen molar-refractivity contribution < 1.29 is 29.0 Å². The molecule has 0 aliphatic carbocycles. The fourth-order valence-corrected chi connectivity index (χ4v) is 7.19. The molecule has 2 unspecified atom stereocenters. The largest absolute Gasteiger partial charge is 0.494 e. The van der Waals surface area contributed by atoms with E-state index in [1.807, 2.05) is 37.3 Å². The molecule has 6 atom stereocenters. The summed E-state index contributed by atoms with van der Waals surface area (Å²) in [5, 5.41) is 16.8. The van der Waals surface area contributed by atoms with Gasteiger partial charge in [-0.1, -0.05) is 54.1 Å².